The molecular weight excluding hydrogens is 244 g/mol. The van der Waals surface area contributed by atoms with Crippen LogP contribution < -0.4 is 0 Å². The third-order valence-electron chi connectivity index (χ3n) is 2.83. The number of furan rings is 1. The van der Waals surface area contributed by atoms with Gasteiger partial charge in [0.05, 0.1) is 11.1 Å². The van der Waals surface area contributed by atoms with E-state index < -0.39 is 5.97 Å². The summed E-state index contributed by atoms with van der Waals surface area (Å²) in [5.41, 5.74) is 2.96. The highest BCUT2D eigenvalue weighted by Crippen LogP contribution is 2.28. The van der Waals surface area contributed by atoms with Crippen LogP contribution in [0.15, 0.2) is 41.1 Å². The highest BCUT2D eigenvalue weighted by molar-refractivity contribution is 5.96. The molecule has 0 radical (unpaired) electrons. The standard InChI is InChI=1S/C14H10N2O3/c1-8-3-2-4-9(5-8)12-10-6-11(14(17)18)19-13(10)16-7-15-12/h2-7H,1H3,(H,17,18). The summed E-state index contributed by atoms with van der Waals surface area (Å²) in [7, 11) is 0. The Morgan fingerprint density at radius 1 is 1.26 bits per heavy atom. The van der Waals surface area contributed by atoms with Crippen LogP contribution in [0.5, 0.6) is 0 Å². The van der Waals surface area contributed by atoms with E-state index in [9.17, 15) is 4.79 Å². The summed E-state index contributed by atoms with van der Waals surface area (Å²) in [5.74, 6) is -1.25. The lowest BCUT2D eigenvalue weighted by molar-refractivity contribution is 0.0664. The first-order valence-corrected chi connectivity index (χ1v) is 5.70. The van der Waals surface area contributed by atoms with Gasteiger partial charge in [-0.3, -0.25) is 0 Å². The van der Waals surface area contributed by atoms with Gasteiger partial charge in [0.25, 0.3) is 0 Å². The van der Waals surface area contributed by atoms with Gasteiger partial charge >= 0.3 is 5.97 Å². The van der Waals surface area contributed by atoms with E-state index in [2.05, 4.69) is 9.97 Å². The van der Waals surface area contributed by atoms with E-state index >= 15 is 0 Å². The van der Waals surface area contributed by atoms with E-state index in [0.29, 0.717) is 11.1 Å². The molecule has 0 aliphatic rings. The Morgan fingerprint density at radius 3 is 2.84 bits per heavy atom. The fraction of sp³-hybridized carbons (Fsp3) is 0.0714. The monoisotopic (exact) mass is 254 g/mol. The number of aromatic nitrogens is 2. The Morgan fingerprint density at radius 2 is 2.11 bits per heavy atom. The van der Waals surface area contributed by atoms with Gasteiger partial charge in [0.1, 0.15) is 6.33 Å². The Labute approximate surface area is 108 Å². The smallest absolute Gasteiger partial charge is 0.371 e. The van der Waals surface area contributed by atoms with Gasteiger partial charge in [-0.05, 0) is 13.0 Å². The predicted octanol–water partition coefficient (Wildman–Crippen LogP) is 2.90. The van der Waals surface area contributed by atoms with Gasteiger partial charge in [-0.2, -0.15) is 0 Å². The van der Waals surface area contributed by atoms with Crippen molar-refractivity contribution >= 4 is 17.1 Å². The van der Waals surface area contributed by atoms with Crippen LogP contribution in [0.2, 0.25) is 0 Å². The van der Waals surface area contributed by atoms with Crippen molar-refractivity contribution in [3.63, 3.8) is 0 Å². The van der Waals surface area contributed by atoms with Crippen molar-refractivity contribution in [3.05, 3.63) is 48.0 Å². The number of fused-ring (bicyclic) bond motifs is 1. The molecule has 0 saturated carbocycles. The number of carbonyl (C=O) groups is 1. The number of rotatable bonds is 2. The number of aryl methyl sites for hydroxylation is 1. The van der Waals surface area contributed by atoms with E-state index in [0.717, 1.165) is 11.1 Å². The van der Waals surface area contributed by atoms with Crippen molar-refractivity contribution in [1.29, 1.82) is 0 Å². The number of nitrogens with zero attached hydrogens (tertiary/aromatic N) is 2. The zero-order chi connectivity index (χ0) is 13.4. The third kappa shape index (κ3) is 1.95. The van der Waals surface area contributed by atoms with Crippen LogP contribution >= 0.6 is 0 Å². The lowest BCUT2D eigenvalue weighted by Gasteiger charge is -2.02. The van der Waals surface area contributed by atoms with Crippen molar-refractivity contribution in [2.24, 2.45) is 0 Å². The molecular formula is C14H10N2O3. The molecule has 2 heterocycles. The number of carboxylic acids is 1. The molecule has 5 nitrogen and oxygen atoms in total. The maximum atomic E-state index is 10.9. The SMILES string of the molecule is Cc1cccc(-c2ncnc3oc(C(=O)O)cc23)c1. The molecule has 0 aliphatic carbocycles. The molecule has 0 fully saturated rings. The summed E-state index contributed by atoms with van der Waals surface area (Å²) in [5, 5.41) is 9.55. The second kappa shape index (κ2) is 4.20. The molecule has 5 heteroatoms. The molecule has 3 rings (SSSR count). The average molecular weight is 254 g/mol. The lowest BCUT2D eigenvalue weighted by atomic mass is 10.1. The van der Waals surface area contributed by atoms with Gasteiger partial charge in [0, 0.05) is 11.6 Å². The highest BCUT2D eigenvalue weighted by atomic mass is 16.4. The number of hydrogen-bond acceptors (Lipinski definition) is 4. The topological polar surface area (TPSA) is 76.2 Å². The van der Waals surface area contributed by atoms with E-state index in [1.54, 1.807) is 0 Å². The Balaban J connectivity index is 2.26. The number of aromatic carboxylic acids is 1. The molecule has 1 aromatic carbocycles. The van der Waals surface area contributed by atoms with Crippen LogP contribution in [0.3, 0.4) is 0 Å². The van der Waals surface area contributed by atoms with Crippen molar-refractivity contribution in [2.75, 3.05) is 0 Å². The third-order valence-corrected chi connectivity index (χ3v) is 2.83. The predicted molar refractivity (Wildman–Crippen MR) is 68.9 cm³/mol. The van der Waals surface area contributed by atoms with Gasteiger partial charge in [-0.1, -0.05) is 23.8 Å². The summed E-state index contributed by atoms with van der Waals surface area (Å²) in [6.45, 7) is 1.99. The molecule has 19 heavy (non-hydrogen) atoms. The summed E-state index contributed by atoms with van der Waals surface area (Å²) < 4.78 is 5.17. The van der Waals surface area contributed by atoms with Crippen LogP contribution in [0.1, 0.15) is 16.1 Å². The van der Waals surface area contributed by atoms with E-state index in [1.165, 1.54) is 12.4 Å². The zero-order valence-electron chi connectivity index (χ0n) is 10.1. The van der Waals surface area contributed by atoms with E-state index in [4.69, 9.17) is 9.52 Å². The number of hydrogen-bond donors (Lipinski definition) is 1. The first-order chi connectivity index (χ1) is 9.15. The largest absolute Gasteiger partial charge is 0.475 e. The molecule has 0 atom stereocenters. The lowest BCUT2D eigenvalue weighted by Crippen LogP contribution is -1.91. The van der Waals surface area contributed by atoms with Gasteiger partial charge in [-0.15, -0.1) is 0 Å². The molecule has 3 aromatic rings. The summed E-state index contributed by atoms with van der Waals surface area (Å²) in [4.78, 5) is 19.1. The number of benzene rings is 1. The van der Waals surface area contributed by atoms with Crippen molar-refractivity contribution in [3.8, 4) is 11.3 Å². The average Bonchev–Trinajstić information content (AvgIpc) is 2.82. The maximum absolute atomic E-state index is 10.9. The minimum Gasteiger partial charge on any atom is -0.475 e. The molecule has 0 spiro atoms. The van der Waals surface area contributed by atoms with Crippen LogP contribution in [0, 0.1) is 6.92 Å². The fourth-order valence-corrected chi connectivity index (χ4v) is 1.98. The fourth-order valence-electron chi connectivity index (χ4n) is 1.98. The van der Waals surface area contributed by atoms with Gasteiger partial charge in [0.15, 0.2) is 0 Å². The second-order valence-corrected chi connectivity index (χ2v) is 4.23. The minimum atomic E-state index is -1.12. The molecule has 0 amide bonds. The first-order valence-electron chi connectivity index (χ1n) is 5.70. The Kier molecular flexibility index (Phi) is 2.52. The van der Waals surface area contributed by atoms with Gasteiger partial charge < -0.3 is 9.52 Å². The molecule has 0 bridgehead atoms. The quantitative estimate of drug-likeness (QED) is 0.760. The van der Waals surface area contributed by atoms with Crippen molar-refractivity contribution in [1.82, 2.24) is 9.97 Å². The molecule has 0 aliphatic heterocycles. The first kappa shape index (κ1) is 11.4. The van der Waals surface area contributed by atoms with Crippen LogP contribution in [-0.4, -0.2) is 21.0 Å². The number of carboxylic acid groups (broad SMARTS) is 1. The van der Waals surface area contributed by atoms with E-state index in [1.807, 2.05) is 31.2 Å². The summed E-state index contributed by atoms with van der Waals surface area (Å²) in [6, 6.07) is 9.27. The Hall–Kier alpha value is -2.69. The second-order valence-electron chi connectivity index (χ2n) is 4.23. The summed E-state index contributed by atoms with van der Waals surface area (Å²) >= 11 is 0. The molecule has 0 saturated heterocycles. The molecule has 94 valence electrons. The van der Waals surface area contributed by atoms with Gasteiger partial charge in [0.2, 0.25) is 11.5 Å². The molecule has 0 unspecified atom stereocenters. The molecule has 2 aromatic heterocycles. The Bertz CT molecular complexity index is 777. The minimum absolute atomic E-state index is 0.135. The normalized spacial score (nSPS) is 10.8. The maximum Gasteiger partial charge on any atom is 0.371 e. The van der Waals surface area contributed by atoms with Crippen molar-refractivity contribution < 1.29 is 14.3 Å². The summed E-state index contributed by atoms with van der Waals surface area (Å²) in [6.07, 6.45) is 1.37. The van der Waals surface area contributed by atoms with Gasteiger partial charge in [-0.25, -0.2) is 14.8 Å². The molecule has 1 N–H and O–H groups in total. The zero-order valence-corrected chi connectivity index (χ0v) is 10.1. The van der Waals surface area contributed by atoms with E-state index in [-0.39, 0.29) is 11.5 Å². The highest BCUT2D eigenvalue weighted by Gasteiger charge is 2.15. The van der Waals surface area contributed by atoms with Crippen LogP contribution in [0.4, 0.5) is 0 Å². The van der Waals surface area contributed by atoms with Crippen LogP contribution in [0.25, 0.3) is 22.4 Å². The van der Waals surface area contributed by atoms with Crippen LogP contribution in [-0.2, 0) is 0 Å². The van der Waals surface area contributed by atoms with Crippen molar-refractivity contribution in [2.45, 2.75) is 6.92 Å².